The Labute approximate surface area is 109 Å². The largest absolute Gasteiger partial charge is 0.479 e. The molecule has 6 nitrogen and oxygen atoms in total. The van der Waals surface area contributed by atoms with Gasteiger partial charge in [-0.15, -0.1) is 0 Å². The van der Waals surface area contributed by atoms with Crippen molar-refractivity contribution < 1.29 is 14.6 Å². The Morgan fingerprint density at radius 1 is 1.53 bits per heavy atom. The molecule has 0 aliphatic rings. The number of carboxylic acids is 1. The maximum absolute atomic E-state index is 11.9. The summed E-state index contributed by atoms with van der Waals surface area (Å²) < 4.78 is 6.55. The number of carboxylic acid groups (broad SMARTS) is 1. The monoisotopic (exact) mass is 262 g/mol. The smallest absolute Gasteiger partial charge is 0.332 e. The van der Waals surface area contributed by atoms with E-state index in [0.29, 0.717) is 11.3 Å². The molecule has 0 fully saturated rings. The van der Waals surface area contributed by atoms with Crippen molar-refractivity contribution in [1.82, 2.24) is 9.38 Å². The van der Waals surface area contributed by atoms with Crippen LogP contribution in [0.2, 0.25) is 0 Å². The van der Waals surface area contributed by atoms with Gasteiger partial charge < -0.3 is 9.84 Å². The number of fused-ring (bicyclic) bond motifs is 1. The lowest BCUT2D eigenvalue weighted by Gasteiger charge is -2.08. The second kappa shape index (κ2) is 5.19. The van der Waals surface area contributed by atoms with E-state index in [0.717, 1.165) is 5.56 Å². The molecule has 0 saturated carbocycles. The molecule has 0 aliphatic heterocycles. The second-order valence-electron chi connectivity index (χ2n) is 4.31. The Bertz CT molecular complexity index is 678. The van der Waals surface area contributed by atoms with Crippen LogP contribution in [0, 0.1) is 6.92 Å². The Balaban J connectivity index is 2.29. The van der Waals surface area contributed by atoms with E-state index in [-0.39, 0.29) is 12.2 Å². The van der Waals surface area contributed by atoms with Crippen LogP contribution in [0.1, 0.15) is 18.2 Å². The molecule has 100 valence electrons. The summed E-state index contributed by atoms with van der Waals surface area (Å²) in [5.74, 6) is -1.05. The van der Waals surface area contributed by atoms with Gasteiger partial charge in [-0.25, -0.2) is 9.78 Å². The van der Waals surface area contributed by atoms with Crippen molar-refractivity contribution >= 4 is 11.6 Å². The number of aromatic nitrogens is 2. The van der Waals surface area contributed by atoms with Crippen LogP contribution in [0.3, 0.4) is 0 Å². The van der Waals surface area contributed by atoms with Crippen LogP contribution in [-0.4, -0.2) is 26.6 Å². The molecule has 2 aromatic heterocycles. The van der Waals surface area contributed by atoms with E-state index in [4.69, 9.17) is 9.84 Å². The third-order valence-corrected chi connectivity index (χ3v) is 2.69. The summed E-state index contributed by atoms with van der Waals surface area (Å²) in [6, 6.07) is 4.94. The highest BCUT2D eigenvalue weighted by Gasteiger charge is 2.12. The second-order valence-corrected chi connectivity index (χ2v) is 4.31. The predicted molar refractivity (Wildman–Crippen MR) is 68.1 cm³/mol. The number of hydrogen-bond acceptors (Lipinski definition) is 4. The van der Waals surface area contributed by atoms with E-state index in [9.17, 15) is 9.59 Å². The summed E-state index contributed by atoms with van der Waals surface area (Å²) in [5.41, 5.74) is 1.68. The molecule has 0 aromatic carbocycles. The highest BCUT2D eigenvalue weighted by atomic mass is 16.5. The summed E-state index contributed by atoms with van der Waals surface area (Å²) >= 11 is 0. The van der Waals surface area contributed by atoms with Gasteiger partial charge in [0.25, 0.3) is 5.56 Å². The zero-order valence-electron chi connectivity index (χ0n) is 10.7. The number of hydrogen-bond donors (Lipinski definition) is 1. The molecule has 6 heteroatoms. The number of aliphatic carboxylic acids is 1. The van der Waals surface area contributed by atoms with Crippen LogP contribution >= 0.6 is 0 Å². The predicted octanol–water partition coefficient (Wildman–Crippen LogP) is 0.993. The van der Waals surface area contributed by atoms with Gasteiger partial charge in [-0.2, -0.15) is 0 Å². The van der Waals surface area contributed by atoms with Crippen molar-refractivity contribution in [3.63, 3.8) is 0 Å². The molecular formula is C13H14N2O4. The van der Waals surface area contributed by atoms with Gasteiger partial charge in [0.15, 0.2) is 6.10 Å². The zero-order valence-corrected chi connectivity index (χ0v) is 10.7. The number of aryl methyl sites for hydroxylation is 1. The van der Waals surface area contributed by atoms with Gasteiger partial charge in [-0.3, -0.25) is 9.20 Å². The lowest BCUT2D eigenvalue weighted by molar-refractivity contribution is -0.149. The Hall–Kier alpha value is -2.21. The van der Waals surface area contributed by atoms with Gasteiger partial charge in [0.2, 0.25) is 0 Å². The van der Waals surface area contributed by atoms with E-state index in [2.05, 4.69) is 4.98 Å². The van der Waals surface area contributed by atoms with Crippen molar-refractivity contribution in [1.29, 1.82) is 0 Å². The topological polar surface area (TPSA) is 80.9 Å². The minimum atomic E-state index is -1.05. The number of ether oxygens (including phenoxy) is 1. The standard InChI is InChI=1S/C13H14N2O4/c1-8-3-4-11-14-10(5-12(16)15(11)6-8)7-19-9(2)13(17)18/h3-6,9H,7H2,1-2H3,(H,17,18). The first-order chi connectivity index (χ1) is 8.97. The van der Waals surface area contributed by atoms with Gasteiger partial charge in [-0.05, 0) is 25.5 Å². The van der Waals surface area contributed by atoms with Crippen molar-refractivity contribution in [3.05, 3.63) is 46.0 Å². The fourth-order valence-corrected chi connectivity index (χ4v) is 1.61. The molecule has 0 saturated heterocycles. The molecule has 2 heterocycles. The van der Waals surface area contributed by atoms with Crippen molar-refractivity contribution in [2.24, 2.45) is 0 Å². The summed E-state index contributed by atoms with van der Waals surface area (Å²) in [4.78, 5) is 26.8. The normalized spacial score (nSPS) is 12.5. The van der Waals surface area contributed by atoms with Crippen LogP contribution in [0.4, 0.5) is 0 Å². The molecule has 1 atom stereocenters. The van der Waals surface area contributed by atoms with Crippen molar-refractivity contribution in [2.45, 2.75) is 26.6 Å². The summed E-state index contributed by atoms with van der Waals surface area (Å²) in [5, 5.41) is 8.71. The number of rotatable bonds is 4. The average molecular weight is 262 g/mol. The molecule has 1 unspecified atom stereocenters. The number of pyridine rings is 1. The van der Waals surface area contributed by atoms with Crippen LogP contribution in [0.5, 0.6) is 0 Å². The first-order valence-electron chi connectivity index (χ1n) is 5.81. The first-order valence-corrected chi connectivity index (χ1v) is 5.81. The molecule has 0 radical (unpaired) electrons. The van der Waals surface area contributed by atoms with Gasteiger partial charge >= 0.3 is 5.97 Å². The first kappa shape index (κ1) is 13.2. The molecule has 19 heavy (non-hydrogen) atoms. The Morgan fingerprint density at radius 3 is 2.95 bits per heavy atom. The molecule has 2 rings (SSSR count). The maximum atomic E-state index is 11.9. The lowest BCUT2D eigenvalue weighted by Crippen LogP contribution is -2.21. The van der Waals surface area contributed by atoms with Gasteiger partial charge in [0.1, 0.15) is 5.65 Å². The highest BCUT2D eigenvalue weighted by molar-refractivity contribution is 5.71. The van der Waals surface area contributed by atoms with Crippen LogP contribution in [0.15, 0.2) is 29.2 Å². The molecule has 1 N–H and O–H groups in total. The van der Waals surface area contributed by atoms with E-state index in [1.54, 1.807) is 12.3 Å². The van der Waals surface area contributed by atoms with Gasteiger partial charge in [0, 0.05) is 12.3 Å². The summed E-state index contributed by atoms with van der Waals surface area (Å²) in [7, 11) is 0. The molecule has 0 aliphatic carbocycles. The van der Waals surface area contributed by atoms with Crippen molar-refractivity contribution in [3.8, 4) is 0 Å². The molecular weight excluding hydrogens is 248 g/mol. The summed E-state index contributed by atoms with van der Waals surface area (Å²) in [6.45, 7) is 3.31. The lowest BCUT2D eigenvalue weighted by atomic mass is 10.3. The quantitative estimate of drug-likeness (QED) is 0.888. The minimum Gasteiger partial charge on any atom is -0.479 e. The maximum Gasteiger partial charge on any atom is 0.332 e. The van der Waals surface area contributed by atoms with E-state index >= 15 is 0 Å². The van der Waals surface area contributed by atoms with Crippen LogP contribution in [-0.2, 0) is 16.1 Å². The molecule has 0 amide bonds. The third kappa shape index (κ3) is 2.97. The third-order valence-electron chi connectivity index (χ3n) is 2.69. The SMILES string of the molecule is Cc1ccc2nc(COC(C)C(=O)O)cc(=O)n2c1. The average Bonchev–Trinajstić information content (AvgIpc) is 2.36. The molecule has 2 aromatic rings. The van der Waals surface area contributed by atoms with E-state index in [1.165, 1.54) is 17.4 Å². The Kier molecular flexibility index (Phi) is 3.62. The van der Waals surface area contributed by atoms with E-state index in [1.807, 2.05) is 13.0 Å². The fraction of sp³-hybridized carbons (Fsp3) is 0.308. The highest BCUT2D eigenvalue weighted by Crippen LogP contribution is 2.04. The van der Waals surface area contributed by atoms with Crippen LogP contribution in [0.25, 0.3) is 5.65 Å². The number of carbonyl (C=O) groups is 1. The number of nitrogens with zero attached hydrogens (tertiary/aromatic N) is 2. The zero-order chi connectivity index (χ0) is 14.0. The fourth-order valence-electron chi connectivity index (χ4n) is 1.61. The van der Waals surface area contributed by atoms with Gasteiger partial charge in [-0.1, -0.05) is 6.07 Å². The van der Waals surface area contributed by atoms with E-state index < -0.39 is 12.1 Å². The Morgan fingerprint density at radius 2 is 2.26 bits per heavy atom. The molecule has 0 bridgehead atoms. The molecule has 0 spiro atoms. The summed E-state index contributed by atoms with van der Waals surface area (Å²) in [6.07, 6.45) is 0.771. The minimum absolute atomic E-state index is 0.00686. The van der Waals surface area contributed by atoms with Crippen LogP contribution < -0.4 is 5.56 Å². The van der Waals surface area contributed by atoms with Crippen molar-refractivity contribution in [2.75, 3.05) is 0 Å². The van der Waals surface area contributed by atoms with Gasteiger partial charge in [0.05, 0.1) is 12.3 Å².